The van der Waals surface area contributed by atoms with Crippen molar-refractivity contribution in [2.75, 3.05) is 11.9 Å². The Kier molecular flexibility index (Phi) is 6.48. The number of hydrogen-bond acceptors (Lipinski definition) is 8. The third-order valence-corrected chi connectivity index (χ3v) is 4.05. The number of nitrogens with one attached hydrogen (secondary N) is 1. The fraction of sp³-hybridized carbons (Fsp3) is 0.200. The molecule has 0 radical (unpaired) electrons. The summed E-state index contributed by atoms with van der Waals surface area (Å²) in [6, 6.07) is 13.2. The molecule has 0 bridgehead atoms. The van der Waals surface area contributed by atoms with Crippen LogP contribution < -0.4 is 5.32 Å². The second-order valence-electron chi connectivity index (χ2n) is 6.35. The predicted octanol–water partition coefficient (Wildman–Crippen LogP) is 3.07. The Bertz CT molecular complexity index is 1060. The molecular formula is C20H18N4O6. The van der Waals surface area contributed by atoms with Crippen molar-refractivity contribution in [1.82, 2.24) is 10.2 Å². The van der Waals surface area contributed by atoms with Crippen molar-refractivity contribution in [3.8, 4) is 11.5 Å². The van der Waals surface area contributed by atoms with Gasteiger partial charge in [0.25, 0.3) is 11.6 Å². The zero-order valence-electron chi connectivity index (χ0n) is 16.0. The van der Waals surface area contributed by atoms with Gasteiger partial charge in [-0.25, -0.2) is 0 Å². The number of amides is 1. The molecule has 0 saturated carbocycles. The molecule has 0 fully saturated rings. The number of aryl methyl sites for hydroxylation is 2. The first-order valence-electron chi connectivity index (χ1n) is 9.00. The number of rotatable bonds is 8. The van der Waals surface area contributed by atoms with Gasteiger partial charge in [0.2, 0.25) is 11.8 Å². The molecule has 3 rings (SSSR count). The average molecular weight is 410 g/mol. The SMILES string of the molecule is Cc1ccc(-c2nnc(CCC(=O)OCC(=O)Nc3ccccc3[N+](=O)[O-])o2)cc1. The van der Waals surface area contributed by atoms with Gasteiger partial charge in [-0.3, -0.25) is 19.7 Å². The molecule has 0 unspecified atom stereocenters. The highest BCUT2D eigenvalue weighted by molar-refractivity contribution is 5.94. The van der Waals surface area contributed by atoms with Crippen molar-refractivity contribution in [3.63, 3.8) is 0 Å². The molecule has 2 aromatic carbocycles. The van der Waals surface area contributed by atoms with Crippen LogP contribution in [0.1, 0.15) is 17.9 Å². The number of anilines is 1. The van der Waals surface area contributed by atoms with E-state index >= 15 is 0 Å². The predicted molar refractivity (Wildman–Crippen MR) is 105 cm³/mol. The van der Waals surface area contributed by atoms with Gasteiger partial charge in [-0.15, -0.1) is 10.2 Å². The van der Waals surface area contributed by atoms with Crippen LogP contribution >= 0.6 is 0 Å². The second kappa shape index (κ2) is 9.41. The molecule has 0 atom stereocenters. The van der Waals surface area contributed by atoms with Gasteiger partial charge in [-0.2, -0.15) is 0 Å². The molecule has 1 heterocycles. The van der Waals surface area contributed by atoms with Crippen LogP contribution in [0.2, 0.25) is 0 Å². The van der Waals surface area contributed by atoms with Gasteiger partial charge in [0, 0.05) is 18.1 Å². The fourth-order valence-electron chi connectivity index (χ4n) is 2.52. The summed E-state index contributed by atoms with van der Waals surface area (Å²) in [6.45, 7) is 1.40. The van der Waals surface area contributed by atoms with Gasteiger partial charge < -0.3 is 14.5 Å². The van der Waals surface area contributed by atoms with Gasteiger partial charge in [-0.05, 0) is 25.1 Å². The Morgan fingerprint density at radius 3 is 2.60 bits per heavy atom. The van der Waals surface area contributed by atoms with Crippen molar-refractivity contribution in [2.24, 2.45) is 0 Å². The first-order chi connectivity index (χ1) is 14.4. The maximum atomic E-state index is 11.9. The lowest BCUT2D eigenvalue weighted by molar-refractivity contribution is -0.383. The topological polar surface area (TPSA) is 137 Å². The normalized spacial score (nSPS) is 10.4. The molecule has 1 aromatic heterocycles. The summed E-state index contributed by atoms with van der Waals surface area (Å²) in [5.41, 5.74) is 1.65. The van der Waals surface area contributed by atoms with Crippen molar-refractivity contribution in [3.05, 3.63) is 70.1 Å². The molecule has 1 amide bonds. The van der Waals surface area contributed by atoms with Crippen molar-refractivity contribution >= 4 is 23.3 Å². The number of para-hydroxylation sites is 2. The number of benzene rings is 2. The lowest BCUT2D eigenvalue weighted by Gasteiger charge is -2.06. The molecule has 10 heteroatoms. The Hall–Kier alpha value is -4.08. The lowest BCUT2D eigenvalue weighted by Crippen LogP contribution is -2.21. The van der Waals surface area contributed by atoms with Crippen LogP contribution in [0.5, 0.6) is 0 Å². The Morgan fingerprint density at radius 2 is 1.87 bits per heavy atom. The Morgan fingerprint density at radius 1 is 1.13 bits per heavy atom. The molecule has 3 aromatic rings. The van der Waals surface area contributed by atoms with Crippen LogP contribution in [0.4, 0.5) is 11.4 Å². The van der Waals surface area contributed by atoms with Crippen LogP contribution in [-0.2, 0) is 20.7 Å². The molecule has 154 valence electrons. The summed E-state index contributed by atoms with van der Waals surface area (Å²) >= 11 is 0. The third-order valence-electron chi connectivity index (χ3n) is 4.05. The molecule has 0 aliphatic carbocycles. The second-order valence-corrected chi connectivity index (χ2v) is 6.35. The fourth-order valence-corrected chi connectivity index (χ4v) is 2.52. The minimum atomic E-state index is -0.683. The van der Waals surface area contributed by atoms with E-state index in [0.717, 1.165) is 11.1 Å². The highest BCUT2D eigenvalue weighted by Gasteiger charge is 2.16. The summed E-state index contributed by atoms with van der Waals surface area (Å²) in [6.07, 6.45) is 0.0950. The molecule has 30 heavy (non-hydrogen) atoms. The highest BCUT2D eigenvalue weighted by Crippen LogP contribution is 2.23. The number of aromatic nitrogens is 2. The number of carbonyl (C=O) groups excluding carboxylic acids is 2. The van der Waals surface area contributed by atoms with Crippen molar-refractivity contribution in [1.29, 1.82) is 0 Å². The van der Waals surface area contributed by atoms with Crippen LogP contribution in [-0.4, -0.2) is 33.6 Å². The lowest BCUT2D eigenvalue weighted by atomic mass is 10.1. The Labute approximate surface area is 171 Å². The molecule has 10 nitrogen and oxygen atoms in total. The van der Waals surface area contributed by atoms with Gasteiger partial charge in [0.15, 0.2) is 6.61 Å². The molecular weight excluding hydrogens is 392 g/mol. The number of carbonyl (C=O) groups is 2. The van der Waals surface area contributed by atoms with Gasteiger partial charge in [0.1, 0.15) is 5.69 Å². The molecule has 0 saturated heterocycles. The summed E-state index contributed by atoms with van der Waals surface area (Å²) in [5, 5.41) is 21.1. The van der Waals surface area contributed by atoms with Gasteiger partial charge >= 0.3 is 5.97 Å². The van der Waals surface area contributed by atoms with E-state index in [-0.39, 0.29) is 30.1 Å². The van der Waals surface area contributed by atoms with E-state index in [1.807, 2.05) is 31.2 Å². The standard InChI is InChI=1S/C20H18N4O6/c1-13-6-8-14(9-7-13)20-23-22-18(30-20)10-11-19(26)29-12-17(25)21-15-4-2-3-5-16(15)24(27)28/h2-9H,10-12H2,1H3,(H,21,25). The van der Waals surface area contributed by atoms with Crippen LogP contribution in [0.25, 0.3) is 11.5 Å². The first-order valence-corrected chi connectivity index (χ1v) is 9.00. The highest BCUT2D eigenvalue weighted by atomic mass is 16.6. The number of nitro benzene ring substituents is 1. The van der Waals surface area contributed by atoms with Crippen LogP contribution in [0.3, 0.4) is 0 Å². The number of hydrogen-bond donors (Lipinski definition) is 1. The molecule has 0 aliphatic rings. The minimum absolute atomic E-state index is 0.0260. The summed E-state index contributed by atoms with van der Waals surface area (Å²) in [7, 11) is 0. The van der Waals surface area contributed by atoms with E-state index < -0.39 is 23.4 Å². The zero-order chi connectivity index (χ0) is 21.5. The molecule has 0 aliphatic heterocycles. The average Bonchev–Trinajstić information content (AvgIpc) is 3.20. The van der Waals surface area contributed by atoms with E-state index in [2.05, 4.69) is 15.5 Å². The number of nitro groups is 1. The monoisotopic (exact) mass is 410 g/mol. The number of nitrogens with zero attached hydrogens (tertiary/aromatic N) is 3. The smallest absolute Gasteiger partial charge is 0.306 e. The van der Waals surface area contributed by atoms with Crippen LogP contribution in [0, 0.1) is 17.0 Å². The molecule has 0 spiro atoms. The van der Waals surface area contributed by atoms with E-state index in [0.29, 0.717) is 5.89 Å². The van der Waals surface area contributed by atoms with E-state index in [1.54, 1.807) is 6.07 Å². The zero-order valence-corrected chi connectivity index (χ0v) is 16.0. The van der Waals surface area contributed by atoms with Gasteiger partial charge in [0.05, 0.1) is 11.3 Å². The molecule has 1 N–H and O–H groups in total. The third kappa shape index (κ3) is 5.47. The van der Waals surface area contributed by atoms with E-state index in [1.165, 1.54) is 18.2 Å². The summed E-state index contributed by atoms with van der Waals surface area (Å²) in [5.74, 6) is -0.700. The Balaban J connectivity index is 1.46. The summed E-state index contributed by atoms with van der Waals surface area (Å²) in [4.78, 5) is 34.1. The maximum absolute atomic E-state index is 11.9. The summed E-state index contributed by atoms with van der Waals surface area (Å²) < 4.78 is 10.4. The quantitative estimate of drug-likeness (QED) is 0.340. The van der Waals surface area contributed by atoms with Crippen molar-refractivity contribution in [2.45, 2.75) is 19.8 Å². The number of ether oxygens (including phenoxy) is 1. The first kappa shape index (κ1) is 20.6. The van der Waals surface area contributed by atoms with Crippen LogP contribution in [0.15, 0.2) is 52.9 Å². The number of esters is 1. The maximum Gasteiger partial charge on any atom is 0.306 e. The van der Waals surface area contributed by atoms with E-state index in [4.69, 9.17) is 9.15 Å². The van der Waals surface area contributed by atoms with Crippen molar-refractivity contribution < 1.29 is 23.7 Å². The minimum Gasteiger partial charge on any atom is -0.456 e. The largest absolute Gasteiger partial charge is 0.456 e. The van der Waals surface area contributed by atoms with Gasteiger partial charge in [-0.1, -0.05) is 29.8 Å². The van der Waals surface area contributed by atoms with E-state index in [9.17, 15) is 19.7 Å².